The second-order valence-corrected chi connectivity index (χ2v) is 5.11. The highest BCUT2D eigenvalue weighted by Gasteiger charge is 2.17. The maximum absolute atomic E-state index is 13.8. The Balaban J connectivity index is 2.68. The molecule has 0 atom stereocenters. The van der Waals surface area contributed by atoms with Crippen molar-refractivity contribution in [3.8, 4) is 11.1 Å². The molecular formula is C17H17FO2. The zero-order valence-electron chi connectivity index (χ0n) is 11.6. The zero-order chi connectivity index (χ0) is 14.7. The first-order chi connectivity index (χ1) is 9.49. The number of benzene rings is 2. The highest BCUT2D eigenvalue weighted by atomic mass is 19.1. The van der Waals surface area contributed by atoms with E-state index in [4.69, 9.17) is 5.11 Å². The monoisotopic (exact) mass is 272 g/mol. The number of carboxylic acid groups (broad SMARTS) is 1. The molecule has 2 rings (SSSR count). The summed E-state index contributed by atoms with van der Waals surface area (Å²) in [6.07, 6.45) is -0.0992. The van der Waals surface area contributed by atoms with Crippen molar-refractivity contribution in [2.75, 3.05) is 0 Å². The third-order valence-corrected chi connectivity index (χ3v) is 3.28. The molecule has 2 aromatic carbocycles. The normalized spacial score (nSPS) is 10.8. The van der Waals surface area contributed by atoms with Crippen molar-refractivity contribution in [2.24, 2.45) is 0 Å². The van der Waals surface area contributed by atoms with Gasteiger partial charge in [0.2, 0.25) is 0 Å². The standard InChI is InChI=1S/C17H17FO2/c1-11(2)14-8-13(18)9-15(16(14)10-17(19)20)12-6-4-3-5-7-12/h3-9,11H,10H2,1-2H3,(H,19,20). The van der Waals surface area contributed by atoms with Crippen molar-refractivity contribution >= 4 is 5.97 Å². The molecule has 0 fully saturated rings. The minimum Gasteiger partial charge on any atom is -0.481 e. The van der Waals surface area contributed by atoms with Gasteiger partial charge in [-0.25, -0.2) is 4.39 Å². The van der Waals surface area contributed by atoms with Gasteiger partial charge in [0, 0.05) is 0 Å². The van der Waals surface area contributed by atoms with Crippen LogP contribution in [-0.2, 0) is 11.2 Å². The van der Waals surface area contributed by atoms with E-state index in [0.29, 0.717) is 11.1 Å². The molecule has 0 saturated heterocycles. The third-order valence-electron chi connectivity index (χ3n) is 3.28. The lowest BCUT2D eigenvalue weighted by Gasteiger charge is -2.17. The van der Waals surface area contributed by atoms with Crippen LogP contribution in [0.3, 0.4) is 0 Å². The first-order valence-corrected chi connectivity index (χ1v) is 6.58. The molecule has 0 aliphatic rings. The summed E-state index contributed by atoms with van der Waals surface area (Å²) in [5.74, 6) is -1.17. The molecule has 20 heavy (non-hydrogen) atoms. The van der Waals surface area contributed by atoms with Crippen LogP contribution in [0, 0.1) is 5.82 Å². The van der Waals surface area contributed by atoms with Crippen LogP contribution in [0.1, 0.15) is 30.9 Å². The summed E-state index contributed by atoms with van der Waals surface area (Å²) in [7, 11) is 0. The number of halogens is 1. The van der Waals surface area contributed by atoms with E-state index in [1.54, 1.807) is 0 Å². The fourth-order valence-electron chi connectivity index (χ4n) is 2.40. The maximum atomic E-state index is 13.8. The Morgan fingerprint density at radius 2 is 1.85 bits per heavy atom. The minimum absolute atomic E-state index is 0.0718. The quantitative estimate of drug-likeness (QED) is 0.903. The van der Waals surface area contributed by atoms with Crippen LogP contribution in [0.15, 0.2) is 42.5 Å². The van der Waals surface area contributed by atoms with Gasteiger partial charge in [-0.2, -0.15) is 0 Å². The second-order valence-electron chi connectivity index (χ2n) is 5.11. The molecule has 0 saturated carbocycles. The molecule has 3 heteroatoms. The molecule has 0 radical (unpaired) electrons. The Morgan fingerprint density at radius 3 is 2.40 bits per heavy atom. The summed E-state index contributed by atoms with van der Waals surface area (Å²) in [6.45, 7) is 3.88. The largest absolute Gasteiger partial charge is 0.481 e. The van der Waals surface area contributed by atoms with Gasteiger partial charge in [-0.1, -0.05) is 44.2 Å². The van der Waals surface area contributed by atoms with Crippen LogP contribution in [-0.4, -0.2) is 11.1 Å². The lowest BCUT2D eigenvalue weighted by atomic mass is 9.88. The van der Waals surface area contributed by atoms with Gasteiger partial charge in [0.1, 0.15) is 5.82 Å². The van der Waals surface area contributed by atoms with E-state index < -0.39 is 5.97 Å². The summed E-state index contributed by atoms with van der Waals surface area (Å²) in [5.41, 5.74) is 2.95. The van der Waals surface area contributed by atoms with E-state index in [1.807, 2.05) is 44.2 Å². The maximum Gasteiger partial charge on any atom is 0.307 e. The van der Waals surface area contributed by atoms with Crippen molar-refractivity contribution in [3.05, 3.63) is 59.4 Å². The Morgan fingerprint density at radius 1 is 1.20 bits per heavy atom. The van der Waals surface area contributed by atoms with Crippen molar-refractivity contribution in [1.29, 1.82) is 0 Å². The van der Waals surface area contributed by atoms with Crippen LogP contribution in [0.2, 0.25) is 0 Å². The molecule has 0 heterocycles. The number of aliphatic carboxylic acids is 1. The molecule has 0 aliphatic carbocycles. The summed E-state index contributed by atoms with van der Waals surface area (Å²) >= 11 is 0. The smallest absolute Gasteiger partial charge is 0.307 e. The van der Waals surface area contributed by atoms with Crippen molar-refractivity contribution < 1.29 is 14.3 Å². The van der Waals surface area contributed by atoms with E-state index in [0.717, 1.165) is 11.1 Å². The SMILES string of the molecule is CC(C)c1cc(F)cc(-c2ccccc2)c1CC(=O)O. The topological polar surface area (TPSA) is 37.3 Å². The lowest BCUT2D eigenvalue weighted by Crippen LogP contribution is -2.07. The van der Waals surface area contributed by atoms with Crippen LogP contribution in [0.4, 0.5) is 4.39 Å². The number of rotatable bonds is 4. The van der Waals surface area contributed by atoms with Crippen LogP contribution in [0.5, 0.6) is 0 Å². The van der Waals surface area contributed by atoms with Gasteiger partial charge < -0.3 is 5.11 Å². The second kappa shape index (κ2) is 5.87. The highest BCUT2D eigenvalue weighted by molar-refractivity contribution is 5.78. The van der Waals surface area contributed by atoms with Crippen molar-refractivity contribution in [2.45, 2.75) is 26.2 Å². The van der Waals surface area contributed by atoms with Gasteiger partial charge in [0.05, 0.1) is 6.42 Å². The van der Waals surface area contributed by atoms with Gasteiger partial charge in [0.25, 0.3) is 0 Å². The average Bonchev–Trinajstić information content (AvgIpc) is 2.40. The molecule has 0 unspecified atom stereocenters. The van der Waals surface area contributed by atoms with E-state index in [9.17, 15) is 9.18 Å². The number of carbonyl (C=O) groups is 1. The predicted octanol–water partition coefficient (Wildman–Crippen LogP) is 4.24. The van der Waals surface area contributed by atoms with Crippen LogP contribution < -0.4 is 0 Å². The van der Waals surface area contributed by atoms with E-state index in [2.05, 4.69) is 0 Å². The number of carboxylic acids is 1. The van der Waals surface area contributed by atoms with Gasteiger partial charge in [-0.15, -0.1) is 0 Å². The molecule has 104 valence electrons. The number of hydrogen-bond donors (Lipinski definition) is 1. The Hall–Kier alpha value is -2.16. The zero-order valence-corrected chi connectivity index (χ0v) is 11.6. The summed E-state index contributed by atoms with van der Waals surface area (Å²) in [4.78, 5) is 11.1. The fraction of sp³-hybridized carbons (Fsp3) is 0.235. The molecule has 2 nitrogen and oxygen atoms in total. The average molecular weight is 272 g/mol. The Bertz CT molecular complexity index is 618. The first kappa shape index (κ1) is 14.3. The van der Waals surface area contributed by atoms with Gasteiger partial charge in [-0.05, 0) is 40.3 Å². The molecule has 0 aliphatic heterocycles. The Kier molecular flexibility index (Phi) is 4.18. The third kappa shape index (κ3) is 3.05. The fourth-order valence-corrected chi connectivity index (χ4v) is 2.40. The molecule has 0 spiro atoms. The molecule has 0 bridgehead atoms. The van der Waals surface area contributed by atoms with Gasteiger partial charge in [-0.3, -0.25) is 4.79 Å². The van der Waals surface area contributed by atoms with Crippen molar-refractivity contribution in [3.63, 3.8) is 0 Å². The lowest BCUT2D eigenvalue weighted by molar-refractivity contribution is -0.136. The highest BCUT2D eigenvalue weighted by Crippen LogP contribution is 2.31. The minimum atomic E-state index is -0.907. The predicted molar refractivity (Wildman–Crippen MR) is 77.3 cm³/mol. The molecular weight excluding hydrogens is 255 g/mol. The van der Waals surface area contributed by atoms with Crippen LogP contribution in [0.25, 0.3) is 11.1 Å². The molecule has 2 aromatic rings. The number of hydrogen-bond acceptors (Lipinski definition) is 1. The molecule has 0 aromatic heterocycles. The van der Waals surface area contributed by atoms with Gasteiger partial charge >= 0.3 is 5.97 Å². The molecule has 0 amide bonds. The van der Waals surface area contributed by atoms with E-state index in [-0.39, 0.29) is 18.2 Å². The summed E-state index contributed by atoms with van der Waals surface area (Å²) < 4.78 is 13.8. The van der Waals surface area contributed by atoms with E-state index >= 15 is 0 Å². The van der Waals surface area contributed by atoms with Crippen molar-refractivity contribution in [1.82, 2.24) is 0 Å². The molecule has 1 N–H and O–H groups in total. The summed E-state index contributed by atoms with van der Waals surface area (Å²) in [6, 6.07) is 12.2. The summed E-state index contributed by atoms with van der Waals surface area (Å²) in [5, 5.41) is 9.12. The van der Waals surface area contributed by atoms with Crippen LogP contribution >= 0.6 is 0 Å². The van der Waals surface area contributed by atoms with E-state index in [1.165, 1.54) is 12.1 Å². The Labute approximate surface area is 117 Å². The van der Waals surface area contributed by atoms with Gasteiger partial charge in [0.15, 0.2) is 0 Å². The first-order valence-electron chi connectivity index (χ1n) is 6.58.